The van der Waals surface area contributed by atoms with Gasteiger partial charge in [0.1, 0.15) is 6.10 Å². The maximum atomic E-state index is 10.3. The predicted octanol–water partition coefficient (Wildman–Crippen LogP) is -0.00922. The second-order valence-electron chi connectivity index (χ2n) is 2.72. The Labute approximate surface area is 70.7 Å². The Morgan fingerprint density at radius 2 is 2.17 bits per heavy atom. The Hall–Kier alpha value is -1.28. The van der Waals surface area contributed by atoms with E-state index in [2.05, 4.69) is 4.74 Å². The molecule has 12 heavy (non-hydrogen) atoms. The van der Waals surface area contributed by atoms with Crippen molar-refractivity contribution in [3.05, 3.63) is 0 Å². The summed E-state index contributed by atoms with van der Waals surface area (Å²) in [5.74, 6) is -0.146. The average molecular weight is 172 g/mol. The fourth-order valence-electron chi connectivity index (χ4n) is 0.773. The minimum atomic E-state index is -1.32. The summed E-state index contributed by atoms with van der Waals surface area (Å²) in [6.07, 6.45) is -3.16. The highest BCUT2D eigenvalue weighted by Gasteiger charge is 2.25. The molecule has 2 atom stereocenters. The van der Waals surface area contributed by atoms with E-state index in [9.17, 15) is 4.79 Å². The van der Waals surface area contributed by atoms with Crippen LogP contribution in [0, 0.1) is 17.2 Å². The summed E-state index contributed by atoms with van der Waals surface area (Å²) in [5.41, 5.74) is 4.74. The van der Waals surface area contributed by atoms with E-state index >= 15 is 0 Å². The van der Waals surface area contributed by atoms with Crippen LogP contribution in [0.4, 0.5) is 4.79 Å². The highest BCUT2D eigenvalue weighted by atomic mass is 16.6. The average Bonchev–Trinajstić information content (AvgIpc) is 1.98. The maximum Gasteiger partial charge on any atom is 0.404 e. The number of nitrogens with zero attached hydrogens (tertiary/aromatic N) is 1. The van der Waals surface area contributed by atoms with Crippen LogP contribution in [0.1, 0.15) is 13.8 Å². The zero-order chi connectivity index (χ0) is 9.72. The van der Waals surface area contributed by atoms with Gasteiger partial charge in [0.25, 0.3) is 0 Å². The van der Waals surface area contributed by atoms with Crippen LogP contribution in [-0.2, 0) is 4.74 Å². The third kappa shape index (κ3) is 3.21. The Morgan fingerprint density at radius 1 is 1.67 bits per heavy atom. The molecule has 2 unspecified atom stereocenters. The number of aliphatic hydroxyl groups excluding tert-OH is 1. The number of hydrogen-bond acceptors (Lipinski definition) is 4. The molecular weight excluding hydrogens is 160 g/mol. The van der Waals surface area contributed by atoms with Crippen LogP contribution in [0.3, 0.4) is 0 Å². The lowest BCUT2D eigenvalue weighted by molar-refractivity contribution is 0.00709. The number of aliphatic hydroxyl groups is 1. The van der Waals surface area contributed by atoms with Gasteiger partial charge in [-0.1, -0.05) is 13.8 Å². The summed E-state index contributed by atoms with van der Waals surface area (Å²) in [7, 11) is 0. The number of nitrogens with two attached hydrogens (primary N) is 1. The normalized spacial score (nSPS) is 14.9. The van der Waals surface area contributed by atoms with Gasteiger partial charge in [0.15, 0.2) is 6.10 Å². The van der Waals surface area contributed by atoms with E-state index in [1.54, 1.807) is 19.9 Å². The Balaban J connectivity index is 4.25. The number of amides is 1. The first-order chi connectivity index (χ1) is 5.49. The van der Waals surface area contributed by atoms with E-state index in [0.29, 0.717) is 0 Å². The number of carbonyl (C=O) groups excluding carboxylic acids is 1. The van der Waals surface area contributed by atoms with Gasteiger partial charge in [-0.15, -0.1) is 0 Å². The van der Waals surface area contributed by atoms with Crippen molar-refractivity contribution in [1.29, 1.82) is 5.26 Å². The molecule has 0 heterocycles. The molecule has 0 radical (unpaired) electrons. The third-order valence-corrected chi connectivity index (χ3v) is 1.35. The highest BCUT2D eigenvalue weighted by molar-refractivity contribution is 5.64. The Bertz CT molecular complexity index is 197. The van der Waals surface area contributed by atoms with Crippen molar-refractivity contribution < 1.29 is 14.6 Å². The lowest BCUT2D eigenvalue weighted by atomic mass is 10.0. The molecule has 0 saturated heterocycles. The van der Waals surface area contributed by atoms with Crippen molar-refractivity contribution in [1.82, 2.24) is 0 Å². The van der Waals surface area contributed by atoms with Crippen molar-refractivity contribution in [2.45, 2.75) is 26.1 Å². The second-order valence-corrected chi connectivity index (χ2v) is 2.72. The van der Waals surface area contributed by atoms with Gasteiger partial charge >= 0.3 is 6.09 Å². The van der Waals surface area contributed by atoms with Gasteiger partial charge in [0, 0.05) is 0 Å². The molecule has 0 aromatic heterocycles. The Morgan fingerprint density at radius 3 is 2.42 bits per heavy atom. The fraction of sp³-hybridized carbons (Fsp3) is 0.714. The van der Waals surface area contributed by atoms with Crippen LogP contribution in [0.25, 0.3) is 0 Å². The van der Waals surface area contributed by atoms with Crippen LogP contribution in [-0.4, -0.2) is 23.4 Å². The predicted molar refractivity (Wildman–Crippen MR) is 40.9 cm³/mol. The minimum Gasteiger partial charge on any atom is -0.442 e. The van der Waals surface area contributed by atoms with Crippen LogP contribution in [0.2, 0.25) is 0 Å². The van der Waals surface area contributed by atoms with Crippen molar-refractivity contribution in [2.24, 2.45) is 11.7 Å². The molecule has 0 fully saturated rings. The SMILES string of the molecule is CC(C)C(OC(N)=O)C(O)C#N. The van der Waals surface area contributed by atoms with Gasteiger partial charge in [0.2, 0.25) is 0 Å². The number of primary amides is 1. The summed E-state index contributed by atoms with van der Waals surface area (Å²) in [6, 6.07) is 1.57. The lowest BCUT2D eigenvalue weighted by Gasteiger charge is -2.20. The first kappa shape index (κ1) is 10.7. The topological polar surface area (TPSA) is 96.3 Å². The van der Waals surface area contributed by atoms with E-state index in [-0.39, 0.29) is 5.92 Å². The summed E-state index contributed by atoms with van der Waals surface area (Å²) in [4.78, 5) is 10.3. The molecule has 1 amide bonds. The number of carbonyl (C=O) groups is 1. The number of ether oxygens (including phenoxy) is 1. The maximum absolute atomic E-state index is 10.3. The van der Waals surface area contributed by atoms with E-state index in [4.69, 9.17) is 16.1 Å². The molecule has 0 rings (SSSR count). The fourth-order valence-corrected chi connectivity index (χ4v) is 0.773. The zero-order valence-electron chi connectivity index (χ0n) is 7.02. The van der Waals surface area contributed by atoms with Gasteiger partial charge in [-0.2, -0.15) is 5.26 Å². The summed E-state index contributed by atoms with van der Waals surface area (Å²) >= 11 is 0. The Kier molecular flexibility index (Phi) is 4.08. The zero-order valence-corrected chi connectivity index (χ0v) is 7.02. The van der Waals surface area contributed by atoms with Crippen LogP contribution < -0.4 is 5.73 Å². The molecular formula is C7H12N2O3. The van der Waals surface area contributed by atoms with Crippen molar-refractivity contribution in [3.8, 4) is 6.07 Å². The standard InChI is InChI=1S/C7H12N2O3/c1-4(2)6(5(10)3-8)12-7(9)11/h4-6,10H,1-2H3,(H2,9,11). The first-order valence-corrected chi connectivity index (χ1v) is 3.52. The molecule has 5 nitrogen and oxygen atoms in total. The number of hydrogen-bond donors (Lipinski definition) is 2. The van der Waals surface area contributed by atoms with Gasteiger partial charge in [-0.3, -0.25) is 0 Å². The quantitative estimate of drug-likeness (QED) is 0.585. The van der Waals surface area contributed by atoms with Gasteiger partial charge in [0.05, 0.1) is 6.07 Å². The monoisotopic (exact) mass is 172 g/mol. The van der Waals surface area contributed by atoms with Crippen LogP contribution in [0.15, 0.2) is 0 Å². The van der Waals surface area contributed by atoms with Gasteiger partial charge in [-0.25, -0.2) is 4.79 Å². The van der Waals surface area contributed by atoms with E-state index < -0.39 is 18.3 Å². The second kappa shape index (κ2) is 4.57. The smallest absolute Gasteiger partial charge is 0.404 e. The molecule has 0 bridgehead atoms. The lowest BCUT2D eigenvalue weighted by Crippen LogP contribution is -2.36. The minimum absolute atomic E-state index is 0.146. The molecule has 0 aromatic rings. The van der Waals surface area contributed by atoms with Crippen molar-refractivity contribution in [2.75, 3.05) is 0 Å². The number of nitriles is 1. The molecule has 3 N–H and O–H groups in total. The van der Waals surface area contributed by atoms with Crippen molar-refractivity contribution in [3.63, 3.8) is 0 Å². The van der Waals surface area contributed by atoms with Crippen LogP contribution in [0.5, 0.6) is 0 Å². The molecule has 0 aromatic carbocycles. The van der Waals surface area contributed by atoms with Gasteiger partial charge in [-0.05, 0) is 5.92 Å². The van der Waals surface area contributed by atoms with E-state index in [1.807, 2.05) is 0 Å². The molecule has 0 saturated carbocycles. The summed E-state index contributed by atoms with van der Waals surface area (Å²) in [5, 5.41) is 17.4. The summed E-state index contributed by atoms with van der Waals surface area (Å²) in [6.45, 7) is 3.43. The van der Waals surface area contributed by atoms with Crippen molar-refractivity contribution >= 4 is 6.09 Å². The molecule has 0 aliphatic rings. The molecule has 5 heteroatoms. The third-order valence-electron chi connectivity index (χ3n) is 1.35. The summed E-state index contributed by atoms with van der Waals surface area (Å²) < 4.78 is 4.53. The molecule has 68 valence electrons. The molecule has 0 aliphatic carbocycles. The first-order valence-electron chi connectivity index (χ1n) is 3.52. The molecule has 0 spiro atoms. The van der Waals surface area contributed by atoms with Gasteiger partial charge < -0.3 is 15.6 Å². The van der Waals surface area contributed by atoms with E-state index in [1.165, 1.54) is 0 Å². The molecule has 0 aliphatic heterocycles. The highest BCUT2D eigenvalue weighted by Crippen LogP contribution is 2.10. The largest absolute Gasteiger partial charge is 0.442 e. The number of rotatable bonds is 3. The van der Waals surface area contributed by atoms with E-state index in [0.717, 1.165) is 0 Å². The van der Waals surface area contributed by atoms with Crippen LogP contribution >= 0.6 is 0 Å².